The minimum Gasteiger partial charge on any atom is -0.352 e. The molecule has 9 heteroatoms. The molecular weight excluding hydrogens is 460 g/mol. The van der Waals surface area contributed by atoms with Crippen molar-refractivity contribution < 1.29 is 14.1 Å². The first-order valence-electron chi connectivity index (χ1n) is 10.4. The summed E-state index contributed by atoms with van der Waals surface area (Å²) in [5.74, 6) is 0.259. The van der Waals surface area contributed by atoms with Gasteiger partial charge < -0.3 is 14.7 Å². The van der Waals surface area contributed by atoms with Crippen LogP contribution in [0.4, 0.5) is 5.69 Å². The second kappa shape index (κ2) is 9.17. The monoisotopic (exact) mass is 478 g/mol. The number of halogens is 1. The molecule has 2 aromatic heterocycles. The first-order chi connectivity index (χ1) is 16.1. The zero-order chi connectivity index (χ0) is 22.8. The van der Waals surface area contributed by atoms with Gasteiger partial charge in [-0.3, -0.25) is 9.59 Å². The van der Waals surface area contributed by atoms with Crippen LogP contribution >= 0.6 is 22.9 Å². The van der Waals surface area contributed by atoms with Crippen LogP contribution in [0, 0.1) is 5.92 Å². The maximum atomic E-state index is 12.7. The normalized spacial score (nSPS) is 15.7. The van der Waals surface area contributed by atoms with Gasteiger partial charge in [0.1, 0.15) is 0 Å². The van der Waals surface area contributed by atoms with E-state index in [0.717, 1.165) is 16.0 Å². The predicted octanol–water partition coefficient (Wildman–Crippen LogP) is 4.79. The zero-order valence-corrected chi connectivity index (χ0v) is 19.0. The van der Waals surface area contributed by atoms with E-state index in [2.05, 4.69) is 15.5 Å². The molecule has 4 aromatic rings. The molecule has 0 aliphatic carbocycles. The highest BCUT2D eigenvalue weighted by atomic mass is 35.5. The molecule has 2 aromatic carbocycles. The molecule has 1 atom stereocenters. The number of amides is 2. The standard InChI is InChI=1S/C24H19ClN4O3S/c25-18-8-6-15(7-9-18)13-26-23(31)17-12-21(30)29(14-17)19-4-1-3-16(11-19)22-27-24(32-28-22)20-5-2-10-33-20/h1-11,17H,12-14H2,(H,26,31)/t17-/m0/s1. The molecule has 3 heterocycles. The van der Waals surface area contributed by atoms with Gasteiger partial charge in [-0.05, 0) is 41.3 Å². The molecule has 0 bridgehead atoms. The van der Waals surface area contributed by atoms with Crippen molar-refractivity contribution in [2.24, 2.45) is 5.92 Å². The van der Waals surface area contributed by atoms with Crippen molar-refractivity contribution in [2.75, 3.05) is 11.4 Å². The largest absolute Gasteiger partial charge is 0.352 e. The van der Waals surface area contributed by atoms with Gasteiger partial charge in [0.05, 0.1) is 10.8 Å². The second-order valence-electron chi connectivity index (χ2n) is 7.70. The molecule has 1 aliphatic rings. The van der Waals surface area contributed by atoms with Crippen molar-refractivity contribution in [3.05, 3.63) is 76.6 Å². The maximum absolute atomic E-state index is 12.7. The summed E-state index contributed by atoms with van der Waals surface area (Å²) in [7, 11) is 0. The van der Waals surface area contributed by atoms with Gasteiger partial charge in [-0.1, -0.05) is 47.1 Å². The van der Waals surface area contributed by atoms with E-state index in [4.69, 9.17) is 16.1 Å². The highest BCUT2D eigenvalue weighted by Gasteiger charge is 2.35. The third kappa shape index (κ3) is 4.67. The molecule has 166 valence electrons. The van der Waals surface area contributed by atoms with Gasteiger partial charge in [-0.2, -0.15) is 4.98 Å². The Kier molecular flexibility index (Phi) is 5.93. The average molecular weight is 479 g/mol. The van der Waals surface area contributed by atoms with Gasteiger partial charge in [0, 0.05) is 35.8 Å². The summed E-state index contributed by atoms with van der Waals surface area (Å²) < 4.78 is 5.38. The van der Waals surface area contributed by atoms with Crippen LogP contribution in [0.15, 0.2) is 70.6 Å². The Bertz CT molecular complexity index is 1290. The lowest BCUT2D eigenvalue weighted by Gasteiger charge is -2.17. The van der Waals surface area contributed by atoms with Gasteiger partial charge >= 0.3 is 0 Å². The number of thiophene rings is 1. The fraction of sp³-hybridized carbons (Fsp3) is 0.167. The SMILES string of the molecule is O=C(NCc1ccc(Cl)cc1)[C@H]1CC(=O)N(c2cccc(-c3noc(-c4cccs4)n3)c2)C1. The van der Waals surface area contributed by atoms with E-state index in [1.165, 1.54) is 11.3 Å². The fourth-order valence-electron chi connectivity index (χ4n) is 3.72. The van der Waals surface area contributed by atoms with E-state index in [1.807, 2.05) is 53.9 Å². The zero-order valence-electron chi connectivity index (χ0n) is 17.4. The average Bonchev–Trinajstić information content (AvgIpc) is 3.59. The number of aromatic nitrogens is 2. The summed E-state index contributed by atoms with van der Waals surface area (Å²) >= 11 is 7.42. The Labute approximate surface area is 199 Å². The minimum atomic E-state index is -0.413. The van der Waals surface area contributed by atoms with E-state index in [9.17, 15) is 9.59 Å². The molecule has 0 saturated carbocycles. The van der Waals surface area contributed by atoms with Gasteiger partial charge in [0.2, 0.25) is 17.6 Å². The second-order valence-corrected chi connectivity index (χ2v) is 9.08. The molecule has 0 radical (unpaired) electrons. The number of hydrogen-bond donors (Lipinski definition) is 1. The lowest BCUT2D eigenvalue weighted by atomic mass is 10.1. The fourth-order valence-corrected chi connectivity index (χ4v) is 4.49. The predicted molar refractivity (Wildman–Crippen MR) is 127 cm³/mol. The summed E-state index contributed by atoms with van der Waals surface area (Å²) in [5, 5.41) is 9.58. The highest BCUT2D eigenvalue weighted by molar-refractivity contribution is 7.13. The number of nitrogens with one attached hydrogen (secondary N) is 1. The summed E-state index contributed by atoms with van der Waals surface area (Å²) in [6.07, 6.45) is 0.168. The molecule has 33 heavy (non-hydrogen) atoms. The van der Waals surface area contributed by atoms with Crippen molar-refractivity contribution >= 4 is 40.4 Å². The number of anilines is 1. The van der Waals surface area contributed by atoms with Gasteiger partial charge in [-0.25, -0.2) is 0 Å². The van der Waals surface area contributed by atoms with Crippen LogP contribution < -0.4 is 10.2 Å². The minimum absolute atomic E-state index is 0.0915. The van der Waals surface area contributed by atoms with Gasteiger partial charge in [0.25, 0.3) is 5.89 Å². The van der Waals surface area contributed by atoms with Crippen LogP contribution in [-0.4, -0.2) is 28.5 Å². The number of rotatable bonds is 6. The quantitative estimate of drug-likeness (QED) is 0.430. The number of benzene rings is 2. The molecule has 1 aliphatic heterocycles. The summed E-state index contributed by atoms with van der Waals surface area (Å²) in [5.41, 5.74) is 2.39. The lowest BCUT2D eigenvalue weighted by Crippen LogP contribution is -2.32. The molecule has 0 unspecified atom stereocenters. The van der Waals surface area contributed by atoms with Crippen LogP contribution in [0.1, 0.15) is 12.0 Å². The Morgan fingerprint density at radius 1 is 1.18 bits per heavy atom. The molecule has 5 rings (SSSR count). The molecule has 1 N–H and O–H groups in total. The van der Waals surface area contributed by atoms with Crippen LogP contribution in [0.25, 0.3) is 22.2 Å². The van der Waals surface area contributed by atoms with Gasteiger partial charge in [0.15, 0.2) is 0 Å². The Hall–Kier alpha value is -3.49. The smallest absolute Gasteiger partial charge is 0.268 e. The third-order valence-corrected chi connectivity index (χ3v) is 6.56. The molecule has 1 saturated heterocycles. The van der Waals surface area contributed by atoms with E-state index in [0.29, 0.717) is 35.5 Å². The lowest BCUT2D eigenvalue weighted by molar-refractivity contribution is -0.126. The van der Waals surface area contributed by atoms with Crippen molar-refractivity contribution in [1.82, 2.24) is 15.5 Å². The Morgan fingerprint density at radius 2 is 2.03 bits per heavy atom. The van der Waals surface area contributed by atoms with Crippen molar-refractivity contribution in [3.8, 4) is 22.2 Å². The van der Waals surface area contributed by atoms with E-state index >= 15 is 0 Å². The summed E-state index contributed by atoms with van der Waals surface area (Å²) in [4.78, 5) is 32.4. The number of nitrogens with zero attached hydrogens (tertiary/aromatic N) is 3. The third-order valence-electron chi connectivity index (χ3n) is 5.45. The molecule has 2 amide bonds. The summed E-state index contributed by atoms with van der Waals surface area (Å²) in [6.45, 7) is 0.710. The van der Waals surface area contributed by atoms with Crippen LogP contribution in [0.5, 0.6) is 0 Å². The maximum Gasteiger partial charge on any atom is 0.268 e. The van der Waals surface area contributed by atoms with Crippen molar-refractivity contribution in [2.45, 2.75) is 13.0 Å². The summed E-state index contributed by atoms with van der Waals surface area (Å²) in [6, 6.07) is 18.5. The molecular formula is C24H19ClN4O3S. The number of hydrogen-bond acceptors (Lipinski definition) is 6. The molecule has 7 nitrogen and oxygen atoms in total. The molecule has 1 fully saturated rings. The first kappa shape index (κ1) is 21.4. The van der Waals surface area contributed by atoms with Crippen molar-refractivity contribution in [3.63, 3.8) is 0 Å². The molecule has 0 spiro atoms. The van der Waals surface area contributed by atoms with E-state index < -0.39 is 5.92 Å². The van der Waals surface area contributed by atoms with Crippen LogP contribution in [0.3, 0.4) is 0 Å². The number of carbonyl (C=O) groups excluding carboxylic acids is 2. The van der Waals surface area contributed by atoms with Gasteiger partial charge in [-0.15, -0.1) is 11.3 Å². The number of carbonyl (C=O) groups is 2. The van der Waals surface area contributed by atoms with E-state index in [-0.39, 0.29) is 18.2 Å². The van der Waals surface area contributed by atoms with Crippen molar-refractivity contribution in [1.29, 1.82) is 0 Å². The Balaban J connectivity index is 1.26. The van der Waals surface area contributed by atoms with E-state index in [1.54, 1.807) is 17.0 Å². The van der Waals surface area contributed by atoms with Crippen LogP contribution in [-0.2, 0) is 16.1 Å². The first-order valence-corrected chi connectivity index (χ1v) is 11.6. The highest BCUT2D eigenvalue weighted by Crippen LogP contribution is 2.30. The Morgan fingerprint density at radius 3 is 2.82 bits per heavy atom. The van der Waals surface area contributed by atoms with Crippen LogP contribution in [0.2, 0.25) is 5.02 Å². The topological polar surface area (TPSA) is 88.3 Å².